The Morgan fingerprint density at radius 1 is 1.00 bits per heavy atom. The molecular formula is C31H40ClN3O5. The number of halogens is 1. The van der Waals surface area contributed by atoms with E-state index in [1.54, 1.807) is 42.0 Å². The molecule has 4 rings (SSSR count). The molecule has 1 aliphatic rings. The molecule has 2 aromatic carbocycles. The minimum atomic E-state index is -0.763. The van der Waals surface area contributed by atoms with E-state index in [-0.39, 0.29) is 24.7 Å². The first-order valence-electron chi connectivity index (χ1n) is 14.0. The van der Waals surface area contributed by atoms with E-state index < -0.39 is 5.97 Å². The predicted octanol–water partition coefficient (Wildman–Crippen LogP) is 5.75. The number of carboxylic acids is 1. The number of carboxylic acid groups (broad SMARTS) is 1. The number of carbonyl (C=O) groups is 3. The molecule has 1 amide bonds. The van der Waals surface area contributed by atoms with Gasteiger partial charge in [-0.25, -0.2) is 0 Å². The second-order valence-corrected chi connectivity index (χ2v) is 10.4. The van der Waals surface area contributed by atoms with Crippen LogP contribution in [-0.2, 0) is 16.0 Å². The van der Waals surface area contributed by atoms with Gasteiger partial charge in [-0.3, -0.25) is 19.0 Å². The SMILES string of the molecule is C1CCNC1.COc1ccc2c(c1)c(CC(=O)NCCCCCCCC(=O)O)c(C)n2C(=O)c1ccc(Cl)cc1. The molecule has 0 aliphatic carbocycles. The summed E-state index contributed by atoms with van der Waals surface area (Å²) in [5.41, 5.74) is 2.71. The number of aromatic nitrogens is 1. The Hall–Kier alpha value is -3.36. The molecule has 0 saturated carbocycles. The van der Waals surface area contributed by atoms with Crippen molar-refractivity contribution in [1.82, 2.24) is 15.2 Å². The van der Waals surface area contributed by atoms with Gasteiger partial charge in [0.25, 0.3) is 5.91 Å². The van der Waals surface area contributed by atoms with Crippen molar-refractivity contribution in [2.24, 2.45) is 0 Å². The average Bonchev–Trinajstić information content (AvgIpc) is 3.61. The molecule has 1 saturated heterocycles. The number of nitrogens with zero attached hydrogens (tertiary/aromatic N) is 1. The number of rotatable bonds is 12. The topological polar surface area (TPSA) is 110 Å². The van der Waals surface area contributed by atoms with Crippen molar-refractivity contribution < 1.29 is 24.2 Å². The zero-order valence-corrected chi connectivity index (χ0v) is 24.2. The third-order valence-electron chi connectivity index (χ3n) is 7.02. The fourth-order valence-corrected chi connectivity index (χ4v) is 4.93. The summed E-state index contributed by atoms with van der Waals surface area (Å²) in [6.07, 6.45) is 7.41. The molecule has 216 valence electrons. The van der Waals surface area contributed by atoms with Crippen LogP contribution in [0.5, 0.6) is 5.75 Å². The van der Waals surface area contributed by atoms with Gasteiger partial charge in [-0.1, -0.05) is 30.9 Å². The number of amides is 1. The largest absolute Gasteiger partial charge is 0.497 e. The quantitative estimate of drug-likeness (QED) is 0.239. The smallest absolute Gasteiger partial charge is 0.303 e. The van der Waals surface area contributed by atoms with E-state index >= 15 is 0 Å². The highest BCUT2D eigenvalue weighted by atomic mass is 35.5. The highest BCUT2D eigenvalue weighted by Gasteiger charge is 2.22. The molecule has 2 heterocycles. The van der Waals surface area contributed by atoms with Crippen molar-refractivity contribution in [2.75, 3.05) is 26.7 Å². The van der Waals surface area contributed by atoms with Gasteiger partial charge in [0.1, 0.15) is 5.75 Å². The van der Waals surface area contributed by atoms with Gasteiger partial charge in [-0.05, 0) is 93.7 Å². The van der Waals surface area contributed by atoms with Crippen molar-refractivity contribution in [3.05, 3.63) is 64.3 Å². The number of hydrogen-bond acceptors (Lipinski definition) is 5. The van der Waals surface area contributed by atoms with E-state index in [1.165, 1.54) is 25.9 Å². The summed E-state index contributed by atoms with van der Waals surface area (Å²) in [5.74, 6) is -0.414. The van der Waals surface area contributed by atoms with Crippen molar-refractivity contribution >= 4 is 40.3 Å². The Bertz CT molecular complexity index is 1270. The molecule has 9 heteroatoms. The van der Waals surface area contributed by atoms with Crippen LogP contribution in [0.2, 0.25) is 5.02 Å². The number of aliphatic carboxylic acids is 1. The third-order valence-corrected chi connectivity index (χ3v) is 7.27. The third kappa shape index (κ3) is 9.10. The van der Waals surface area contributed by atoms with Crippen LogP contribution >= 0.6 is 11.6 Å². The molecule has 1 aliphatic heterocycles. The first-order chi connectivity index (χ1) is 19.3. The van der Waals surface area contributed by atoms with Crippen LogP contribution in [0.1, 0.15) is 73.0 Å². The Balaban J connectivity index is 0.000000792. The van der Waals surface area contributed by atoms with Gasteiger partial charge in [-0.2, -0.15) is 0 Å². The lowest BCUT2D eigenvalue weighted by atomic mass is 10.1. The maximum atomic E-state index is 13.4. The lowest BCUT2D eigenvalue weighted by Crippen LogP contribution is -2.26. The molecule has 0 spiro atoms. The molecular weight excluding hydrogens is 530 g/mol. The lowest BCUT2D eigenvalue weighted by Gasteiger charge is -2.08. The van der Waals surface area contributed by atoms with E-state index in [2.05, 4.69) is 10.6 Å². The van der Waals surface area contributed by atoms with E-state index in [1.807, 2.05) is 19.1 Å². The Kier molecular flexibility index (Phi) is 12.5. The van der Waals surface area contributed by atoms with Crippen LogP contribution < -0.4 is 15.4 Å². The zero-order valence-electron chi connectivity index (χ0n) is 23.4. The zero-order chi connectivity index (χ0) is 28.9. The molecule has 0 unspecified atom stereocenters. The second-order valence-electron chi connectivity index (χ2n) is 9.99. The van der Waals surface area contributed by atoms with Gasteiger partial charge in [0.2, 0.25) is 5.91 Å². The Morgan fingerprint density at radius 2 is 1.68 bits per heavy atom. The fraction of sp³-hybridized carbons (Fsp3) is 0.452. The normalized spacial score (nSPS) is 12.6. The Morgan fingerprint density at radius 3 is 2.30 bits per heavy atom. The standard InChI is InChI=1S/C27H31ClN2O5.C4H9N/c1-18-22(17-25(31)29-15-7-5-3-4-6-8-26(32)33)23-16-21(35-2)13-14-24(23)30(18)27(34)19-9-11-20(28)12-10-19;1-2-4-5-3-1/h9-14,16H,3-8,15,17H2,1-2H3,(H,29,31)(H,32,33);5H,1-4H2. The maximum absolute atomic E-state index is 13.4. The summed E-state index contributed by atoms with van der Waals surface area (Å²) < 4.78 is 7.02. The van der Waals surface area contributed by atoms with Crippen LogP contribution in [0.25, 0.3) is 10.9 Å². The van der Waals surface area contributed by atoms with E-state index in [0.29, 0.717) is 40.5 Å². The van der Waals surface area contributed by atoms with Crippen molar-refractivity contribution in [3.8, 4) is 5.75 Å². The molecule has 1 aromatic heterocycles. The van der Waals surface area contributed by atoms with Crippen LogP contribution in [0.3, 0.4) is 0 Å². The van der Waals surface area contributed by atoms with Crippen LogP contribution in [-0.4, -0.2) is 54.2 Å². The number of unbranched alkanes of at least 4 members (excludes halogenated alkanes) is 4. The minimum absolute atomic E-state index is 0.111. The highest BCUT2D eigenvalue weighted by molar-refractivity contribution is 6.30. The summed E-state index contributed by atoms with van der Waals surface area (Å²) in [5, 5.41) is 16.2. The van der Waals surface area contributed by atoms with E-state index in [9.17, 15) is 14.4 Å². The van der Waals surface area contributed by atoms with Crippen LogP contribution in [0, 0.1) is 6.92 Å². The molecule has 0 atom stereocenters. The van der Waals surface area contributed by atoms with Crippen LogP contribution in [0.4, 0.5) is 0 Å². The number of fused-ring (bicyclic) bond motifs is 1. The summed E-state index contributed by atoms with van der Waals surface area (Å²) in [4.78, 5) is 36.6. The molecule has 3 N–H and O–H groups in total. The molecule has 0 bridgehead atoms. The summed E-state index contributed by atoms with van der Waals surface area (Å²) >= 11 is 5.98. The van der Waals surface area contributed by atoms with Gasteiger partial charge in [0.15, 0.2) is 0 Å². The highest BCUT2D eigenvalue weighted by Crippen LogP contribution is 2.31. The monoisotopic (exact) mass is 569 g/mol. The maximum Gasteiger partial charge on any atom is 0.303 e. The number of carbonyl (C=O) groups excluding carboxylic acids is 2. The summed E-state index contributed by atoms with van der Waals surface area (Å²) in [6.45, 7) is 4.91. The first kappa shape index (κ1) is 31.2. The summed E-state index contributed by atoms with van der Waals surface area (Å²) in [6, 6.07) is 12.2. The number of nitrogens with one attached hydrogen (secondary N) is 2. The van der Waals surface area contributed by atoms with Crippen molar-refractivity contribution in [3.63, 3.8) is 0 Å². The Labute approximate surface area is 241 Å². The van der Waals surface area contributed by atoms with Gasteiger partial charge >= 0.3 is 5.97 Å². The van der Waals surface area contributed by atoms with Gasteiger partial charge in [0, 0.05) is 34.6 Å². The van der Waals surface area contributed by atoms with E-state index in [4.69, 9.17) is 21.4 Å². The molecule has 8 nitrogen and oxygen atoms in total. The predicted molar refractivity (Wildman–Crippen MR) is 159 cm³/mol. The number of methoxy groups -OCH3 is 1. The fourth-order valence-electron chi connectivity index (χ4n) is 4.80. The van der Waals surface area contributed by atoms with Crippen molar-refractivity contribution in [2.45, 2.75) is 64.7 Å². The minimum Gasteiger partial charge on any atom is -0.497 e. The number of benzene rings is 2. The first-order valence-corrected chi connectivity index (χ1v) is 14.4. The second kappa shape index (κ2) is 16.0. The summed E-state index contributed by atoms with van der Waals surface area (Å²) in [7, 11) is 1.58. The van der Waals surface area contributed by atoms with E-state index in [0.717, 1.165) is 36.6 Å². The number of hydrogen-bond donors (Lipinski definition) is 3. The van der Waals surface area contributed by atoms with Gasteiger partial charge < -0.3 is 20.5 Å². The molecule has 0 radical (unpaired) electrons. The van der Waals surface area contributed by atoms with Gasteiger partial charge in [0.05, 0.1) is 19.0 Å². The van der Waals surface area contributed by atoms with Gasteiger partial charge in [-0.15, -0.1) is 0 Å². The number of ether oxygens (including phenoxy) is 1. The van der Waals surface area contributed by atoms with Crippen LogP contribution in [0.15, 0.2) is 42.5 Å². The molecule has 3 aromatic rings. The lowest BCUT2D eigenvalue weighted by molar-refractivity contribution is -0.137. The average molecular weight is 570 g/mol. The molecule has 1 fully saturated rings. The molecule has 40 heavy (non-hydrogen) atoms. The van der Waals surface area contributed by atoms with Crippen molar-refractivity contribution in [1.29, 1.82) is 0 Å².